The predicted octanol–water partition coefficient (Wildman–Crippen LogP) is 4.25. The number of nitrogens with zero attached hydrogens (tertiary/aromatic N) is 2. The van der Waals surface area contributed by atoms with Crippen LogP contribution in [0.2, 0.25) is 0 Å². The zero-order valence-electron chi connectivity index (χ0n) is 14.4. The largest absolute Gasteiger partial charge is 0.508 e. The van der Waals surface area contributed by atoms with E-state index in [1.165, 1.54) is 16.7 Å². The molecule has 0 spiro atoms. The van der Waals surface area contributed by atoms with E-state index in [4.69, 9.17) is 0 Å². The Labute approximate surface area is 142 Å². The smallest absolute Gasteiger partial charge is 0.137 e. The zero-order chi connectivity index (χ0) is 17.1. The van der Waals surface area contributed by atoms with Crippen LogP contribution in [0.15, 0.2) is 42.7 Å². The Bertz CT molecular complexity index is 861. The van der Waals surface area contributed by atoms with Crippen LogP contribution in [0.1, 0.15) is 30.5 Å². The molecule has 0 radical (unpaired) electrons. The fourth-order valence-electron chi connectivity index (χ4n) is 3.19. The maximum absolute atomic E-state index is 9.60. The van der Waals surface area contributed by atoms with Crippen molar-refractivity contribution in [3.05, 3.63) is 59.4 Å². The Morgan fingerprint density at radius 2 is 1.79 bits per heavy atom. The van der Waals surface area contributed by atoms with E-state index in [0.29, 0.717) is 11.8 Å². The third-order valence-electron chi connectivity index (χ3n) is 4.25. The zero-order valence-corrected chi connectivity index (χ0v) is 14.4. The number of phenols is 1. The standard InChI is InChI=1S/C18H17N3O.C2H6/c1-11-2-5-17-16(6-11)18(20-10-19-17)21-14-7-12-3-4-15(22)9-13(12)8-14;1-2/h2-6,9-10,14,22H,7-8H2,1H3,(H,19,20,21);1-2H3. The average molecular weight is 321 g/mol. The minimum Gasteiger partial charge on any atom is -0.508 e. The quantitative estimate of drug-likeness (QED) is 0.741. The van der Waals surface area contributed by atoms with Gasteiger partial charge in [-0.05, 0) is 55.2 Å². The van der Waals surface area contributed by atoms with Crippen LogP contribution >= 0.6 is 0 Å². The summed E-state index contributed by atoms with van der Waals surface area (Å²) in [5.74, 6) is 1.22. The molecule has 0 amide bonds. The first-order valence-corrected chi connectivity index (χ1v) is 8.48. The topological polar surface area (TPSA) is 58.0 Å². The number of aromatic hydroxyl groups is 1. The molecule has 124 valence electrons. The molecule has 1 aromatic heterocycles. The van der Waals surface area contributed by atoms with Gasteiger partial charge in [0.2, 0.25) is 0 Å². The van der Waals surface area contributed by atoms with Gasteiger partial charge < -0.3 is 10.4 Å². The van der Waals surface area contributed by atoms with Gasteiger partial charge in [-0.15, -0.1) is 0 Å². The molecule has 3 aromatic rings. The van der Waals surface area contributed by atoms with E-state index in [2.05, 4.69) is 34.3 Å². The van der Waals surface area contributed by atoms with Crippen LogP contribution in [0.25, 0.3) is 10.9 Å². The van der Waals surface area contributed by atoms with Gasteiger partial charge in [0.05, 0.1) is 5.52 Å². The van der Waals surface area contributed by atoms with E-state index in [9.17, 15) is 5.11 Å². The highest BCUT2D eigenvalue weighted by Gasteiger charge is 2.22. The molecule has 1 aliphatic rings. The lowest BCUT2D eigenvalue weighted by atomic mass is 10.1. The molecule has 24 heavy (non-hydrogen) atoms. The van der Waals surface area contributed by atoms with Crippen LogP contribution in [-0.4, -0.2) is 21.1 Å². The van der Waals surface area contributed by atoms with Crippen molar-refractivity contribution in [3.8, 4) is 5.75 Å². The minimum absolute atomic E-state index is 0.301. The lowest BCUT2D eigenvalue weighted by Gasteiger charge is -2.14. The molecule has 0 saturated carbocycles. The highest BCUT2D eigenvalue weighted by atomic mass is 16.3. The van der Waals surface area contributed by atoms with Gasteiger partial charge in [0, 0.05) is 11.4 Å². The Balaban J connectivity index is 0.000000815. The van der Waals surface area contributed by atoms with Gasteiger partial charge in [0.1, 0.15) is 17.9 Å². The molecule has 1 aliphatic carbocycles. The molecular formula is C20H23N3O. The molecule has 1 heterocycles. The van der Waals surface area contributed by atoms with E-state index >= 15 is 0 Å². The number of hydrogen-bond acceptors (Lipinski definition) is 4. The van der Waals surface area contributed by atoms with Gasteiger partial charge in [-0.25, -0.2) is 9.97 Å². The van der Waals surface area contributed by atoms with Gasteiger partial charge >= 0.3 is 0 Å². The van der Waals surface area contributed by atoms with Crippen LogP contribution in [0.4, 0.5) is 5.82 Å². The Hall–Kier alpha value is -2.62. The first-order chi connectivity index (χ1) is 11.7. The van der Waals surface area contributed by atoms with E-state index in [1.54, 1.807) is 12.4 Å². The summed E-state index contributed by atoms with van der Waals surface area (Å²) in [5.41, 5.74) is 4.66. The second-order valence-electron chi connectivity index (χ2n) is 5.95. The number of aryl methyl sites for hydroxylation is 1. The van der Waals surface area contributed by atoms with Crippen LogP contribution in [0.3, 0.4) is 0 Å². The summed E-state index contributed by atoms with van der Waals surface area (Å²) < 4.78 is 0. The summed E-state index contributed by atoms with van der Waals surface area (Å²) in [6.45, 7) is 6.07. The van der Waals surface area contributed by atoms with Crippen molar-refractivity contribution in [2.24, 2.45) is 0 Å². The summed E-state index contributed by atoms with van der Waals surface area (Å²) >= 11 is 0. The molecule has 0 aliphatic heterocycles. The van der Waals surface area contributed by atoms with Crippen molar-refractivity contribution >= 4 is 16.7 Å². The first kappa shape index (κ1) is 16.2. The molecule has 1 unspecified atom stereocenters. The highest BCUT2D eigenvalue weighted by Crippen LogP contribution is 2.29. The average Bonchev–Trinajstić information content (AvgIpc) is 2.98. The van der Waals surface area contributed by atoms with E-state index in [-0.39, 0.29) is 0 Å². The van der Waals surface area contributed by atoms with Gasteiger partial charge in [-0.3, -0.25) is 0 Å². The Kier molecular flexibility index (Phi) is 4.65. The molecule has 0 saturated heterocycles. The number of benzene rings is 2. The lowest BCUT2D eigenvalue weighted by molar-refractivity contribution is 0.474. The number of rotatable bonds is 2. The predicted molar refractivity (Wildman–Crippen MR) is 98.5 cm³/mol. The fourth-order valence-corrected chi connectivity index (χ4v) is 3.19. The number of anilines is 1. The maximum atomic E-state index is 9.60. The normalized spacial score (nSPS) is 15.5. The van der Waals surface area contributed by atoms with Gasteiger partial charge in [0.15, 0.2) is 0 Å². The van der Waals surface area contributed by atoms with Crippen molar-refractivity contribution in [2.45, 2.75) is 39.7 Å². The molecule has 4 rings (SSSR count). The number of hydrogen-bond donors (Lipinski definition) is 2. The lowest BCUT2D eigenvalue weighted by Crippen LogP contribution is -2.20. The number of nitrogens with one attached hydrogen (secondary N) is 1. The van der Waals surface area contributed by atoms with Crippen LogP contribution in [-0.2, 0) is 12.8 Å². The molecule has 1 atom stereocenters. The van der Waals surface area contributed by atoms with E-state index in [0.717, 1.165) is 29.6 Å². The first-order valence-electron chi connectivity index (χ1n) is 8.48. The summed E-state index contributed by atoms with van der Waals surface area (Å²) in [7, 11) is 0. The molecule has 4 heteroatoms. The highest BCUT2D eigenvalue weighted by molar-refractivity contribution is 5.89. The van der Waals surface area contributed by atoms with Crippen molar-refractivity contribution in [1.29, 1.82) is 0 Å². The Morgan fingerprint density at radius 3 is 2.62 bits per heavy atom. The number of aromatic nitrogens is 2. The van der Waals surface area contributed by atoms with Crippen LogP contribution in [0, 0.1) is 6.92 Å². The number of fused-ring (bicyclic) bond motifs is 2. The van der Waals surface area contributed by atoms with Gasteiger partial charge in [-0.2, -0.15) is 0 Å². The Morgan fingerprint density at radius 1 is 1.00 bits per heavy atom. The summed E-state index contributed by atoms with van der Waals surface area (Å²) in [6.07, 6.45) is 3.46. The van der Waals surface area contributed by atoms with Crippen molar-refractivity contribution in [3.63, 3.8) is 0 Å². The van der Waals surface area contributed by atoms with Crippen LogP contribution in [0.5, 0.6) is 5.75 Å². The molecule has 4 nitrogen and oxygen atoms in total. The van der Waals surface area contributed by atoms with Crippen LogP contribution < -0.4 is 5.32 Å². The van der Waals surface area contributed by atoms with Crippen molar-refractivity contribution in [2.75, 3.05) is 5.32 Å². The molecule has 2 N–H and O–H groups in total. The maximum Gasteiger partial charge on any atom is 0.137 e. The fraction of sp³-hybridized carbons (Fsp3) is 0.300. The third kappa shape index (κ3) is 3.18. The SMILES string of the molecule is CC.Cc1ccc2ncnc(NC3Cc4ccc(O)cc4C3)c2c1. The van der Waals surface area contributed by atoms with E-state index < -0.39 is 0 Å². The monoisotopic (exact) mass is 321 g/mol. The molecule has 2 aromatic carbocycles. The third-order valence-corrected chi connectivity index (χ3v) is 4.25. The minimum atomic E-state index is 0.301. The molecular weight excluding hydrogens is 298 g/mol. The van der Waals surface area contributed by atoms with Crippen molar-refractivity contribution < 1.29 is 5.11 Å². The van der Waals surface area contributed by atoms with E-state index in [1.807, 2.05) is 32.0 Å². The summed E-state index contributed by atoms with van der Waals surface area (Å²) in [6, 6.07) is 12.1. The van der Waals surface area contributed by atoms with Gasteiger partial charge in [0.25, 0.3) is 0 Å². The molecule has 0 fully saturated rings. The molecule has 0 bridgehead atoms. The summed E-state index contributed by atoms with van der Waals surface area (Å²) in [5, 5.41) is 14.2. The number of phenolic OH excluding ortho intramolecular Hbond substituents is 1. The van der Waals surface area contributed by atoms with Crippen molar-refractivity contribution in [1.82, 2.24) is 9.97 Å². The second kappa shape index (κ2) is 6.87. The summed E-state index contributed by atoms with van der Waals surface area (Å²) in [4.78, 5) is 8.74. The second-order valence-corrected chi connectivity index (χ2v) is 5.95. The van der Waals surface area contributed by atoms with Gasteiger partial charge in [-0.1, -0.05) is 31.5 Å².